The average Bonchev–Trinajstić information content (AvgIpc) is 3.35. The zero-order valence-corrected chi connectivity index (χ0v) is 22.4. The van der Waals surface area contributed by atoms with Crippen LogP contribution < -0.4 is 11.2 Å². The molecular weight excluding hydrogens is 544 g/mol. The number of benzene rings is 3. The Balaban J connectivity index is 1.52. The van der Waals surface area contributed by atoms with E-state index in [1.54, 1.807) is 78.9 Å². The fraction of sp³-hybridized carbons (Fsp3) is 0.194. The minimum atomic E-state index is -1.37. The Morgan fingerprint density at radius 3 is 1.69 bits per heavy atom. The maximum Gasteiger partial charge on any atom is 0.338 e. The molecule has 11 heteroatoms. The van der Waals surface area contributed by atoms with Crippen LogP contribution in [0.25, 0.3) is 0 Å². The number of carbonyl (C=O) groups is 3. The third kappa shape index (κ3) is 6.06. The topological polar surface area (TPSA) is 132 Å². The van der Waals surface area contributed by atoms with E-state index in [0.29, 0.717) is 0 Å². The summed E-state index contributed by atoms with van der Waals surface area (Å²) in [6.45, 7) is -0.406. The summed E-state index contributed by atoms with van der Waals surface area (Å²) in [6.07, 6.45) is -3.99. The summed E-state index contributed by atoms with van der Waals surface area (Å²) in [5.41, 5.74) is -0.619. The molecule has 11 nitrogen and oxygen atoms in total. The van der Waals surface area contributed by atoms with Crippen LogP contribution in [0.5, 0.6) is 0 Å². The smallest absolute Gasteiger partial charge is 0.338 e. The number of hydrogen-bond acceptors (Lipinski definition) is 9. The minimum absolute atomic E-state index is 0.205. The van der Waals surface area contributed by atoms with Gasteiger partial charge in [0.25, 0.3) is 5.56 Å². The van der Waals surface area contributed by atoms with Crippen LogP contribution in [-0.4, -0.2) is 52.0 Å². The molecule has 1 fully saturated rings. The molecule has 1 aliphatic rings. The molecule has 42 heavy (non-hydrogen) atoms. The Hall–Kier alpha value is -5.29. The molecule has 1 aromatic heterocycles. The van der Waals surface area contributed by atoms with Gasteiger partial charge in [0.2, 0.25) is 0 Å². The van der Waals surface area contributed by atoms with E-state index in [-0.39, 0.29) is 16.7 Å². The van der Waals surface area contributed by atoms with Gasteiger partial charge in [0.05, 0.1) is 16.7 Å². The van der Waals surface area contributed by atoms with Crippen LogP contribution in [0.3, 0.4) is 0 Å². The molecule has 0 unspecified atom stereocenters. The molecule has 1 saturated heterocycles. The van der Waals surface area contributed by atoms with E-state index < -0.39 is 60.3 Å². The minimum Gasteiger partial charge on any atom is -0.459 e. The first-order chi connectivity index (χ1) is 20.3. The van der Waals surface area contributed by atoms with Gasteiger partial charge in [-0.3, -0.25) is 13.9 Å². The van der Waals surface area contributed by atoms with Gasteiger partial charge in [0.15, 0.2) is 18.4 Å². The quantitative estimate of drug-likeness (QED) is 0.232. The third-order valence-corrected chi connectivity index (χ3v) is 6.67. The summed E-state index contributed by atoms with van der Waals surface area (Å²) in [5, 5.41) is 0. The van der Waals surface area contributed by atoms with Crippen LogP contribution in [0, 0.1) is 0 Å². The summed E-state index contributed by atoms with van der Waals surface area (Å²) < 4.78 is 25.2. The molecule has 0 saturated carbocycles. The highest BCUT2D eigenvalue weighted by atomic mass is 16.7. The summed E-state index contributed by atoms with van der Waals surface area (Å²) in [5.74, 6) is -2.18. The Labute approximate surface area is 239 Å². The SMILES string of the molecule is Cn1c(=O)ccn([C@@H]2O[C@H](COC(=O)c3ccccc3)[C@@H](OC(=O)c3ccccc3)[C@H]2OC(=O)c2ccccc2)c1=O. The highest BCUT2D eigenvalue weighted by molar-refractivity contribution is 5.91. The molecule has 0 aliphatic carbocycles. The molecule has 4 atom stereocenters. The Kier molecular flexibility index (Phi) is 8.39. The van der Waals surface area contributed by atoms with Gasteiger partial charge in [0.1, 0.15) is 12.7 Å². The first kappa shape index (κ1) is 28.2. The van der Waals surface area contributed by atoms with Gasteiger partial charge >= 0.3 is 23.6 Å². The van der Waals surface area contributed by atoms with Crippen LogP contribution in [0.2, 0.25) is 0 Å². The summed E-state index contributed by atoms with van der Waals surface area (Å²) in [7, 11) is 1.28. The average molecular weight is 571 g/mol. The second kappa shape index (κ2) is 12.5. The van der Waals surface area contributed by atoms with Crippen molar-refractivity contribution in [2.45, 2.75) is 24.5 Å². The monoisotopic (exact) mass is 570 g/mol. The van der Waals surface area contributed by atoms with Crippen LogP contribution >= 0.6 is 0 Å². The lowest BCUT2D eigenvalue weighted by atomic mass is 10.1. The van der Waals surface area contributed by atoms with E-state index in [4.69, 9.17) is 18.9 Å². The number of rotatable bonds is 8. The molecule has 4 aromatic rings. The summed E-state index contributed by atoms with van der Waals surface area (Å²) in [6, 6.07) is 25.6. The lowest BCUT2D eigenvalue weighted by molar-refractivity contribution is -0.0644. The van der Waals surface area contributed by atoms with Crippen molar-refractivity contribution in [3.63, 3.8) is 0 Å². The van der Waals surface area contributed by atoms with Gasteiger partial charge in [-0.05, 0) is 36.4 Å². The molecule has 0 radical (unpaired) electrons. The first-order valence-electron chi connectivity index (χ1n) is 13.0. The van der Waals surface area contributed by atoms with Gasteiger partial charge in [-0.15, -0.1) is 0 Å². The first-order valence-corrected chi connectivity index (χ1v) is 13.0. The van der Waals surface area contributed by atoms with Crippen molar-refractivity contribution in [2.75, 3.05) is 6.61 Å². The third-order valence-electron chi connectivity index (χ3n) is 6.67. The maximum absolute atomic E-state index is 13.2. The van der Waals surface area contributed by atoms with Crippen molar-refractivity contribution in [1.82, 2.24) is 9.13 Å². The van der Waals surface area contributed by atoms with E-state index in [0.717, 1.165) is 15.2 Å². The number of aromatic nitrogens is 2. The standard InChI is InChI=1S/C31H26N2O9/c1-32-24(34)17-18-33(31(32)38)27-26(42-30(37)22-15-9-4-10-16-22)25(41-29(36)21-13-7-3-8-14-21)23(40-27)19-39-28(35)20-11-5-2-6-12-20/h2-18,23,25-27H,19H2,1H3/t23-,25-,26-,27-/m1/s1. The van der Waals surface area contributed by atoms with E-state index in [1.165, 1.54) is 25.4 Å². The molecule has 3 aromatic carbocycles. The molecule has 0 amide bonds. The molecule has 2 heterocycles. The van der Waals surface area contributed by atoms with Crippen molar-refractivity contribution < 1.29 is 33.3 Å². The van der Waals surface area contributed by atoms with Crippen molar-refractivity contribution in [1.29, 1.82) is 0 Å². The normalized spacial score (nSPS) is 19.5. The van der Waals surface area contributed by atoms with Crippen molar-refractivity contribution in [3.05, 3.63) is 141 Å². The lowest BCUT2D eigenvalue weighted by Crippen LogP contribution is -2.44. The molecule has 0 N–H and O–H groups in total. The molecule has 0 bridgehead atoms. The molecule has 1 aliphatic heterocycles. The fourth-order valence-electron chi connectivity index (χ4n) is 4.46. The maximum atomic E-state index is 13.2. The van der Waals surface area contributed by atoms with Gasteiger partial charge in [0, 0.05) is 19.3 Å². The van der Waals surface area contributed by atoms with E-state index >= 15 is 0 Å². The Morgan fingerprint density at radius 2 is 1.17 bits per heavy atom. The van der Waals surface area contributed by atoms with Gasteiger partial charge in [-0.1, -0.05) is 54.6 Å². The van der Waals surface area contributed by atoms with Crippen molar-refractivity contribution >= 4 is 17.9 Å². The highest BCUT2D eigenvalue weighted by Gasteiger charge is 2.51. The number of carbonyl (C=O) groups excluding carboxylic acids is 3. The van der Waals surface area contributed by atoms with Crippen molar-refractivity contribution in [2.24, 2.45) is 7.05 Å². The fourth-order valence-corrected chi connectivity index (χ4v) is 4.46. The second-order valence-electron chi connectivity index (χ2n) is 9.40. The largest absolute Gasteiger partial charge is 0.459 e. The van der Waals surface area contributed by atoms with Crippen LogP contribution in [0.4, 0.5) is 0 Å². The number of esters is 3. The molecule has 0 spiro atoms. The number of hydrogen-bond donors (Lipinski definition) is 0. The number of ether oxygens (including phenoxy) is 4. The Morgan fingerprint density at radius 1 is 0.690 bits per heavy atom. The van der Waals surface area contributed by atoms with Crippen LogP contribution in [0.1, 0.15) is 37.3 Å². The van der Waals surface area contributed by atoms with E-state index in [2.05, 4.69) is 0 Å². The summed E-state index contributed by atoms with van der Waals surface area (Å²) >= 11 is 0. The van der Waals surface area contributed by atoms with Crippen LogP contribution in [-0.2, 0) is 26.0 Å². The van der Waals surface area contributed by atoms with Crippen molar-refractivity contribution in [3.8, 4) is 0 Å². The Bertz CT molecular complexity index is 1680. The van der Waals surface area contributed by atoms with E-state index in [1.807, 2.05) is 0 Å². The predicted molar refractivity (Wildman–Crippen MR) is 148 cm³/mol. The molecule has 5 rings (SSSR count). The van der Waals surface area contributed by atoms with Crippen LogP contribution in [0.15, 0.2) is 113 Å². The van der Waals surface area contributed by atoms with Gasteiger partial charge < -0.3 is 18.9 Å². The predicted octanol–water partition coefficient (Wildman–Crippen LogP) is 2.75. The second-order valence-corrected chi connectivity index (χ2v) is 9.40. The lowest BCUT2D eigenvalue weighted by Gasteiger charge is -2.25. The molecule has 214 valence electrons. The van der Waals surface area contributed by atoms with Gasteiger partial charge in [-0.25, -0.2) is 19.2 Å². The molecular formula is C31H26N2O9. The number of nitrogens with zero attached hydrogens (tertiary/aromatic N) is 2. The highest BCUT2D eigenvalue weighted by Crippen LogP contribution is 2.34. The summed E-state index contributed by atoms with van der Waals surface area (Å²) in [4.78, 5) is 64.3. The zero-order valence-electron chi connectivity index (χ0n) is 22.4. The van der Waals surface area contributed by atoms with Gasteiger partial charge in [-0.2, -0.15) is 0 Å². The zero-order chi connectivity index (χ0) is 29.6. The van der Waals surface area contributed by atoms with E-state index in [9.17, 15) is 24.0 Å².